The van der Waals surface area contributed by atoms with Crippen molar-refractivity contribution in [1.82, 2.24) is 0 Å². The zero-order valence-corrected chi connectivity index (χ0v) is 12.4. The molecule has 0 aromatic heterocycles. The maximum absolute atomic E-state index is 6.16. The van der Waals surface area contributed by atoms with Crippen LogP contribution in [0.2, 0.25) is 0 Å². The van der Waals surface area contributed by atoms with Crippen LogP contribution in [-0.2, 0) is 11.8 Å². The lowest BCUT2D eigenvalue weighted by atomic mass is 9.76. The Labute approximate surface area is 121 Å². The summed E-state index contributed by atoms with van der Waals surface area (Å²) in [6.07, 6.45) is 6.91. The number of hydrogen-bond acceptors (Lipinski definition) is 3. The maximum atomic E-state index is 6.16. The van der Waals surface area contributed by atoms with Crippen LogP contribution >= 0.6 is 0 Å². The minimum atomic E-state index is 0.163. The van der Waals surface area contributed by atoms with Crippen molar-refractivity contribution in [3.05, 3.63) is 23.3 Å². The highest BCUT2D eigenvalue weighted by Crippen LogP contribution is 2.46. The van der Waals surface area contributed by atoms with Crippen LogP contribution in [0, 0.1) is 0 Å². The maximum Gasteiger partial charge on any atom is 0.164 e. The Bertz CT molecular complexity index is 478. The zero-order chi connectivity index (χ0) is 14.0. The average Bonchev–Trinajstić information content (AvgIpc) is 2.85. The van der Waals surface area contributed by atoms with Gasteiger partial charge in [-0.1, -0.05) is 25.8 Å². The van der Waals surface area contributed by atoms with Gasteiger partial charge in [0.1, 0.15) is 0 Å². The van der Waals surface area contributed by atoms with Crippen molar-refractivity contribution < 1.29 is 9.47 Å². The number of ether oxygens (including phenoxy) is 2. The first-order valence-electron chi connectivity index (χ1n) is 7.93. The molecule has 2 N–H and O–H groups in total. The summed E-state index contributed by atoms with van der Waals surface area (Å²) in [4.78, 5) is 0. The highest BCUT2D eigenvalue weighted by Gasteiger charge is 2.37. The van der Waals surface area contributed by atoms with Gasteiger partial charge in [-0.2, -0.15) is 0 Å². The Morgan fingerprint density at radius 2 is 1.85 bits per heavy atom. The van der Waals surface area contributed by atoms with E-state index >= 15 is 0 Å². The standard InChI is InChI=1S/C17H25NO2/c1-2-13-14(17(12-18)8-3-4-9-17)6-7-15-16(13)20-11-5-10-19-15/h6-7H,2-5,8-12,18H2,1H3. The molecule has 1 fully saturated rings. The summed E-state index contributed by atoms with van der Waals surface area (Å²) >= 11 is 0. The molecule has 0 saturated heterocycles. The van der Waals surface area contributed by atoms with E-state index in [0.29, 0.717) is 0 Å². The third-order valence-corrected chi connectivity index (χ3v) is 4.89. The summed E-state index contributed by atoms with van der Waals surface area (Å²) in [5.74, 6) is 1.88. The van der Waals surface area contributed by atoms with Gasteiger partial charge < -0.3 is 15.2 Å². The van der Waals surface area contributed by atoms with Gasteiger partial charge in [-0.15, -0.1) is 0 Å². The van der Waals surface area contributed by atoms with Crippen LogP contribution in [0.5, 0.6) is 11.5 Å². The lowest BCUT2D eigenvalue weighted by molar-refractivity contribution is 0.296. The molecular weight excluding hydrogens is 250 g/mol. The molecule has 1 saturated carbocycles. The van der Waals surface area contributed by atoms with Crippen molar-refractivity contribution in [2.24, 2.45) is 5.73 Å². The highest BCUT2D eigenvalue weighted by atomic mass is 16.5. The van der Waals surface area contributed by atoms with Crippen LogP contribution in [0.25, 0.3) is 0 Å². The summed E-state index contributed by atoms with van der Waals surface area (Å²) in [6.45, 7) is 4.43. The number of hydrogen-bond donors (Lipinski definition) is 1. The molecule has 1 aromatic carbocycles. The van der Waals surface area contributed by atoms with E-state index in [1.54, 1.807) is 0 Å². The molecule has 110 valence electrons. The lowest BCUT2D eigenvalue weighted by Gasteiger charge is -2.31. The Hall–Kier alpha value is -1.22. The van der Waals surface area contributed by atoms with E-state index in [2.05, 4.69) is 19.1 Å². The Morgan fingerprint density at radius 1 is 1.10 bits per heavy atom. The van der Waals surface area contributed by atoms with Crippen molar-refractivity contribution in [3.8, 4) is 11.5 Å². The highest BCUT2D eigenvalue weighted by molar-refractivity contribution is 5.54. The zero-order valence-electron chi connectivity index (χ0n) is 12.4. The van der Waals surface area contributed by atoms with E-state index in [9.17, 15) is 0 Å². The normalized spacial score (nSPS) is 20.7. The molecule has 0 amide bonds. The average molecular weight is 275 g/mol. The minimum Gasteiger partial charge on any atom is -0.490 e. The predicted molar refractivity (Wildman–Crippen MR) is 80.6 cm³/mol. The van der Waals surface area contributed by atoms with Gasteiger partial charge in [-0.25, -0.2) is 0 Å². The fraction of sp³-hybridized carbons (Fsp3) is 0.647. The number of fused-ring (bicyclic) bond motifs is 1. The smallest absolute Gasteiger partial charge is 0.164 e. The fourth-order valence-corrected chi connectivity index (χ4v) is 3.78. The largest absolute Gasteiger partial charge is 0.490 e. The van der Waals surface area contributed by atoms with E-state index in [0.717, 1.165) is 44.1 Å². The molecule has 3 heteroatoms. The molecule has 1 aliphatic carbocycles. The van der Waals surface area contributed by atoms with Gasteiger partial charge in [-0.3, -0.25) is 0 Å². The molecular formula is C17H25NO2. The molecule has 3 rings (SSSR count). The quantitative estimate of drug-likeness (QED) is 0.921. The van der Waals surface area contributed by atoms with Crippen molar-refractivity contribution in [3.63, 3.8) is 0 Å². The lowest BCUT2D eigenvalue weighted by Crippen LogP contribution is -2.33. The molecule has 20 heavy (non-hydrogen) atoms. The second-order valence-corrected chi connectivity index (χ2v) is 6.01. The van der Waals surface area contributed by atoms with E-state index < -0.39 is 0 Å². The molecule has 1 aromatic rings. The monoisotopic (exact) mass is 275 g/mol. The predicted octanol–water partition coefficient (Wildman–Crippen LogP) is 3.18. The Kier molecular flexibility index (Phi) is 3.88. The second-order valence-electron chi connectivity index (χ2n) is 6.01. The number of nitrogens with two attached hydrogens (primary N) is 1. The first-order chi connectivity index (χ1) is 9.80. The number of rotatable bonds is 3. The van der Waals surface area contributed by atoms with Gasteiger partial charge in [0.2, 0.25) is 0 Å². The SMILES string of the molecule is CCc1c(C2(CN)CCCC2)ccc2c1OCCCO2. The van der Waals surface area contributed by atoms with Crippen LogP contribution in [0.1, 0.15) is 50.2 Å². The van der Waals surface area contributed by atoms with Gasteiger partial charge in [0.25, 0.3) is 0 Å². The van der Waals surface area contributed by atoms with Crippen molar-refractivity contribution in [2.45, 2.75) is 50.9 Å². The van der Waals surface area contributed by atoms with Crippen LogP contribution in [0.3, 0.4) is 0 Å². The van der Waals surface area contributed by atoms with Crippen molar-refractivity contribution in [1.29, 1.82) is 0 Å². The molecule has 0 radical (unpaired) electrons. The van der Waals surface area contributed by atoms with Gasteiger partial charge in [-0.05, 0) is 30.9 Å². The molecule has 2 aliphatic rings. The first kappa shape index (κ1) is 13.7. The van der Waals surface area contributed by atoms with Crippen LogP contribution in [0.4, 0.5) is 0 Å². The minimum absolute atomic E-state index is 0.163. The molecule has 1 heterocycles. The molecule has 0 atom stereocenters. The Balaban J connectivity index is 2.09. The second kappa shape index (κ2) is 5.65. The summed E-state index contributed by atoms with van der Waals surface area (Å²) in [5.41, 5.74) is 9.05. The topological polar surface area (TPSA) is 44.5 Å². The molecule has 3 nitrogen and oxygen atoms in total. The van der Waals surface area contributed by atoms with Crippen molar-refractivity contribution in [2.75, 3.05) is 19.8 Å². The summed E-state index contributed by atoms with van der Waals surface area (Å²) in [7, 11) is 0. The molecule has 0 unspecified atom stereocenters. The summed E-state index contributed by atoms with van der Waals surface area (Å²) in [6, 6.07) is 4.33. The van der Waals surface area contributed by atoms with Crippen LogP contribution in [-0.4, -0.2) is 19.8 Å². The molecule has 1 aliphatic heterocycles. The number of benzene rings is 1. The third kappa shape index (κ3) is 2.18. The first-order valence-corrected chi connectivity index (χ1v) is 7.93. The van der Waals surface area contributed by atoms with Gasteiger partial charge >= 0.3 is 0 Å². The third-order valence-electron chi connectivity index (χ3n) is 4.89. The summed E-state index contributed by atoms with van der Waals surface area (Å²) in [5, 5.41) is 0. The molecule has 0 bridgehead atoms. The van der Waals surface area contributed by atoms with Gasteiger partial charge in [0.15, 0.2) is 11.5 Å². The van der Waals surface area contributed by atoms with Crippen LogP contribution < -0.4 is 15.2 Å². The van der Waals surface area contributed by atoms with E-state index in [4.69, 9.17) is 15.2 Å². The van der Waals surface area contributed by atoms with E-state index in [1.807, 2.05) is 0 Å². The van der Waals surface area contributed by atoms with Gasteiger partial charge in [0, 0.05) is 23.9 Å². The van der Waals surface area contributed by atoms with Crippen LogP contribution in [0.15, 0.2) is 12.1 Å². The van der Waals surface area contributed by atoms with E-state index in [-0.39, 0.29) is 5.41 Å². The van der Waals surface area contributed by atoms with E-state index in [1.165, 1.54) is 36.8 Å². The van der Waals surface area contributed by atoms with Gasteiger partial charge in [0.05, 0.1) is 13.2 Å². The molecule has 0 spiro atoms. The Morgan fingerprint density at radius 3 is 2.55 bits per heavy atom. The summed E-state index contributed by atoms with van der Waals surface area (Å²) < 4.78 is 11.8. The van der Waals surface area contributed by atoms with Crippen molar-refractivity contribution >= 4 is 0 Å². The fourth-order valence-electron chi connectivity index (χ4n) is 3.78.